The van der Waals surface area contributed by atoms with Crippen LogP contribution in [0.1, 0.15) is 52.2 Å². The van der Waals surface area contributed by atoms with Crippen molar-refractivity contribution in [2.24, 2.45) is 0 Å². The van der Waals surface area contributed by atoms with Gasteiger partial charge in [-0.15, -0.1) is 0 Å². The van der Waals surface area contributed by atoms with Gasteiger partial charge in [-0.3, -0.25) is 0 Å². The van der Waals surface area contributed by atoms with Gasteiger partial charge in [-0.1, -0.05) is 5.16 Å². The molecule has 24 heavy (non-hydrogen) atoms. The maximum Gasteiger partial charge on any atom is 0.371 e. The Hall–Kier alpha value is -2.77. The fourth-order valence-electron chi connectivity index (χ4n) is 3.13. The van der Waals surface area contributed by atoms with Crippen molar-refractivity contribution >= 4 is 12.0 Å². The number of carbonyl (C=O) groups excluding carboxylic acids is 1. The van der Waals surface area contributed by atoms with Crippen LogP contribution in [0.5, 0.6) is 0 Å². The number of nitrogens with zero attached hydrogens (tertiary/aromatic N) is 2. The van der Waals surface area contributed by atoms with E-state index in [2.05, 4.69) is 10.5 Å². The minimum atomic E-state index is -1.13. The smallest absolute Gasteiger partial charge is 0.371 e. The monoisotopic (exact) mass is 333 g/mol. The number of carboxylic acids is 1. The summed E-state index contributed by atoms with van der Waals surface area (Å²) in [5.74, 6) is -0.150. The summed E-state index contributed by atoms with van der Waals surface area (Å²) in [5, 5.41) is 15.6. The van der Waals surface area contributed by atoms with Gasteiger partial charge in [-0.05, 0) is 38.8 Å². The van der Waals surface area contributed by atoms with E-state index in [1.165, 1.54) is 6.07 Å². The second-order valence-electron chi connectivity index (χ2n) is 5.82. The molecule has 1 saturated heterocycles. The van der Waals surface area contributed by atoms with E-state index < -0.39 is 5.97 Å². The molecule has 3 rings (SSSR count). The Morgan fingerprint density at radius 2 is 2.21 bits per heavy atom. The lowest BCUT2D eigenvalue weighted by Gasteiger charge is -2.24. The third-order valence-corrected chi connectivity index (χ3v) is 4.22. The number of aromatic nitrogens is 1. The Bertz CT molecular complexity index is 744. The highest BCUT2D eigenvalue weighted by Gasteiger charge is 2.33. The average molecular weight is 333 g/mol. The number of carbonyl (C=O) groups is 2. The number of hydrogen-bond donors (Lipinski definition) is 2. The summed E-state index contributed by atoms with van der Waals surface area (Å²) >= 11 is 0. The molecule has 2 amide bonds. The summed E-state index contributed by atoms with van der Waals surface area (Å²) in [5.41, 5.74) is 1.77. The molecule has 0 saturated carbocycles. The Morgan fingerprint density at radius 3 is 2.83 bits per heavy atom. The molecule has 8 nitrogen and oxygen atoms in total. The zero-order valence-electron chi connectivity index (χ0n) is 13.5. The minimum absolute atomic E-state index is 0.0533. The molecule has 2 N–H and O–H groups in total. The molecule has 1 atom stereocenters. The summed E-state index contributed by atoms with van der Waals surface area (Å²) in [6.07, 6.45) is 1.77. The van der Waals surface area contributed by atoms with Crippen LogP contribution in [0, 0.1) is 13.8 Å². The van der Waals surface area contributed by atoms with Crippen LogP contribution in [0.3, 0.4) is 0 Å². The van der Waals surface area contributed by atoms with Crippen molar-refractivity contribution in [3.63, 3.8) is 0 Å². The molecule has 0 spiro atoms. The summed E-state index contributed by atoms with van der Waals surface area (Å²) in [4.78, 5) is 25.0. The Kier molecular flexibility index (Phi) is 4.28. The lowest BCUT2D eigenvalue weighted by molar-refractivity contribution is 0.0660. The number of nitrogens with one attached hydrogen (secondary N) is 1. The summed E-state index contributed by atoms with van der Waals surface area (Å²) < 4.78 is 10.3. The maximum atomic E-state index is 12.5. The fourth-order valence-corrected chi connectivity index (χ4v) is 3.13. The normalized spacial score (nSPS) is 17.2. The van der Waals surface area contributed by atoms with E-state index in [-0.39, 0.29) is 24.4 Å². The van der Waals surface area contributed by atoms with Crippen molar-refractivity contribution in [1.29, 1.82) is 0 Å². The quantitative estimate of drug-likeness (QED) is 0.890. The molecule has 2 aromatic heterocycles. The Labute approximate surface area is 138 Å². The highest BCUT2D eigenvalue weighted by Crippen LogP contribution is 2.35. The molecular weight excluding hydrogens is 314 g/mol. The van der Waals surface area contributed by atoms with Crippen molar-refractivity contribution < 1.29 is 23.6 Å². The van der Waals surface area contributed by atoms with Crippen LogP contribution >= 0.6 is 0 Å². The van der Waals surface area contributed by atoms with Crippen LogP contribution in [-0.4, -0.2) is 33.7 Å². The summed E-state index contributed by atoms with van der Waals surface area (Å²) in [6, 6.07) is 2.64. The molecule has 0 aromatic carbocycles. The van der Waals surface area contributed by atoms with E-state index in [1.54, 1.807) is 11.0 Å². The molecule has 0 radical (unpaired) electrons. The van der Waals surface area contributed by atoms with Crippen molar-refractivity contribution in [2.75, 3.05) is 6.54 Å². The van der Waals surface area contributed by atoms with Gasteiger partial charge in [0.1, 0.15) is 11.5 Å². The van der Waals surface area contributed by atoms with E-state index in [0.717, 1.165) is 29.9 Å². The van der Waals surface area contributed by atoms with Gasteiger partial charge >= 0.3 is 12.0 Å². The predicted molar refractivity (Wildman–Crippen MR) is 82.6 cm³/mol. The molecule has 1 aliphatic rings. The van der Waals surface area contributed by atoms with Crippen molar-refractivity contribution in [1.82, 2.24) is 15.4 Å². The summed E-state index contributed by atoms with van der Waals surface area (Å²) in [6.45, 7) is 4.51. The molecule has 2 aromatic rings. The van der Waals surface area contributed by atoms with Crippen molar-refractivity contribution in [3.8, 4) is 0 Å². The lowest BCUT2D eigenvalue weighted by atomic mass is 10.0. The van der Waals surface area contributed by atoms with E-state index in [0.29, 0.717) is 12.3 Å². The van der Waals surface area contributed by atoms with Gasteiger partial charge in [0.2, 0.25) is 5.76 Å². The number of aromatic carboxylic acids is 1. The third-order valence-electron chi connectivity index (χ3n) is 4.22. The molecule has 0 aliphatic carbocycles. The standard InChI is InChI=1S/C16H19N3O5/c1-9-14(10(2)24-18-9)12-4-3-7-19(12)16(22)17-8-11-5-6-13(23-11)15(20)21/h5-6,12H,3-4,7-8H2,1-2H3,(H,17,22)(H,20,21). The number of furan rings is 1. The van der Waals surface area contributed by atoms with Gasteiger partial charge in [0.25, 0.3) is 0 Å². The third kappa shape index (κ3) is 2.99. The molecule has 1 unspecified atom stereocenters. The van der Waals surface area contributed by atoms with Crippen LogP contribution in [0.25, 0.3) is 0 Å². The van der Waals surface area contributed by atoms with Gasteiger partial charge < -0.3 is 24.3 Å². The van der Waals surface area contributed by atoms with Crippen LogP contribution in [0.15, 0.2) is 21.1 Å². The van der Waals surface area contributed by atoms with Gasteiger partial charge in [-0.2, -0.15) is 0 Å². The van der Waals surface area contributed by atoms with Crippen LogP contribution in [0.4, 0.5) is 4.79 Å². The van der Waals surface area contributed by atoms with E-state index in [9.17, 15) is 9.59 Å². The number of amides is 2. The average Bonchev–Trinajstić information content (AvgIpc) is 3.25. The first-order valence-corrected chi connectivity index (χ1v) is 7.76. The molecule has 8 heteroatoms. The van der Waals surface area contributed by atoms with Crippen LogP contribution < -0.4 is 5.32 Å². The maximum absolute atomic E-state index is 12.5. The number of carboxylic acid groups (broad SMARTS) is 1. The number of hydrogen-bond acceptors (Lipinski definition) is 5. The first-order valence-electron chi connectivity index (χ1n) is 7.76. The van der Waals surface area contributed by atoms with Crippen LogP contribution in [-0.2, 0) is 6.54 Å². The predicted octanol–water partition coefficient (Wildman–Crippen LogP) is 2.63. The second kappa shape index (κ2) is 6.38. The number of rotatable bonds is 4. The Balaban J connectivity index is 1.66. The van der Waals surface area contributed by atoms with Gasteiger partial charge in [0.15, 0.2) is 0 Å². The molecule has 1 fully saturated rings. The first kappa shape index (κ1) is 16.1. The number of likely N-dealkylation sites (tertiary alicyclic amines) is 1. The Morgan fingerprint density at radius 1 is 1.42 bits per heavy atom. The molecule has 0 bridgehead atoms. The van der Waals surface area contributed by atoms with Gasteiger partial charge in [-0.25, -0.2) is 9.59 Å². The topological polar surface area (TPSA) is 109 Å². The highest BCUT2D eigenvalue weighted by atomic mass is 16.5. The van der Waals surface area contributed by atoms with E-state index in [1.807, 2.05) is 13.8 Å². The second-order valence-corrected chi connectivity index (χ2v) is 5.82. The zero-order chi connectivity index (χ0) is 17.3. The molecule has 3 heterocycles. The number of aryl methyl sites for hydroxylation is 2. The van der Waals surface area contributed by atoms with Gasteiger partial charge in [0, 0.05) is 12.1 Å². The van der Waals surface area contributed by atoms with Gasteiger partial charge in [0.05, 0.1) is 18.3 Å². The number of urea groups is 1. The SMILES string of the molecule is Cc1noc(C)c1C1CCCN1C(=O)NCc1ccc(C(=O)O)o1. The molecule has 128 valence electrons. The van der Waals surface area contributed by atoms with Crippen molar-refractivity contribution in [2.45, 2.75) is 39.3 Å². The summed E-state index contributed by atoms with van der Waals surface area (Å²) in [7, 11) is 0. The fraction of sp³-hybridized carbons (Fsp3) is 0.438. The zero-order valence-corrected chi connectivity index (χ0v) is 13.5. The lowest BCUT2D eigenvalue weighted by Crippen LogP contribution is -2.39. The van der Waals surface area contributed by atoms with E-state index in [4.69, 9.17) is 14.0 Å². The van der Waals surface area contributed by atoms with Crippen molar-refractivity contribution in [3.05, 3.63) is 40.7 Å². The highest BCUT2D eigenvalue weighted by molar-refractivity contribution is 5.84. The van der Waals surface area contributed by atoms with E-state index >= 15 is 0 Å². The molecule has 1 aliphatic heterocycles. The first-order chi connectivity index (χ1) is 11.5. The molecular formula is C16H19N3O5. The largest absolute Gasteiger partial charge is 0.475 e. The van der Waals surface area contributed by atoms with Crippen LogP contribution in [0.2, 0.25) is 0 Å². The minimum Gasteiger partial charge on any atom is -0.475 e.